The number of carbonyl (C=O) groups excluding carboxylic acids is 1. The third kappa shape index (κ3) is 4.41. The van der Waals surface area contributed by atoms with E-state index in [1.807, 2.05) is 0 Å². The molecule has 30 heavy (non-hydrogen) atoms. The number of nitrogens with zero attached hydrogens (tertiary/aromatic N) is 2. The van der Waals surface area contributed by atoms with Crippen LogP contribution in [-0.4, -0.2) is 45.3 Å². The number of aliphatic hydroxyl groups excluding tert-OH is 1. The largest absolute Gasteiger partial charge is 0.478 e. The van der Waals surface area contributed by atoms with Gasteiger partial charge in [0.05, 0.1) is 35.3 Å². The molecule has 2 aromatic carbocycles. The first-order valence-electron chi connectivity index (χ1n) is 10.0. The van der Waals surface area contributed by atoms with Crippen molar-refractivity contribution in [2.24, 2.45) is 5.92 Å². The lowest BCUT2D eigenvalue weighted by Gasteiger charge is -2.22. The first-order chi connectivity index (χ1) is 14.3. The van der Waals surface area contributed by atoms with Crippen LogP contribution in [0.1, 0.15) is 54.9 Å². The Morgan fingerprint density at radius 3 is 2.27 bits per heavy atom. The molecule has 0 spiro atoms. The molecule has 0 amide bonds. The third-order valence-electron chi connectivity index (χ3n) is 5.21. The molecule has 1 heterocycles. The molecule has 0 aliphatic carbocycles. The van der Waals surface area contributed by atoms with Crippen molar-refractivity contribution < 1.29 is 24.5 Å². The normalized spacial score (nSPS) is 13.5. The fraction of sp³-hybridized carbons (Fsp3) is 0.391. The maximum atomic E-state index is 12.6. The molecular formula is C23H26N2O5. The van der Waals surface area contributed by atoms with Crippen LogP contribution in [0.3, 0.4) is 0 Å². The van der Waals surface area contributed by atoms with Crippen LogP contribution in [0.2, 0.25) is 0 Å². The van der Waals surface area contributed by atoms with E-state index in [2.05, 4.69) is 23.8 Å². The van der Waals surface area contributed by atoms with Crippen molar-refractivity contribution in [3.05, 3.63) is 47.5 Å². The van der Waals surface area contributed by atoms with E-state index < -0.39 is 24.0 Å². The van der Waals surface area contributed by atoms with Gasteiger partial charge >= 0.3 is 11.9 Å². The van der Waals surface area contributed by atoms with Crippen molar-refractivity contribution in [2.75, 3.05) is 7.11 Å². The van der Waals surface area contributed by atoms with Crippen molar-refractivity contribution >= 4 is 34.0 Å². The number of esters is 1. The lowest BCUT2D eigenvalue weighted by atomic mass is 9.88. The van der Waals surface area contributed by atoms with Gasteiger partial charge in [-0.3, -0.25) is 4.79 Å². The zero-order chi connectivity index (χ0) is 21.8. The van der Waals surface area contributed by atoms with Gasteiger partial charge in [0.15, 0.2) is 0 Å². The Labute approximate surface area is 174 Å². The van der Waals surface area contributed by atoms with Crippen LogP contribution in [0.25, 0.3) is 22.1 Å². The summed E-state index contributed by atoms with van der Waals surface area (Å²) in [4.78, 5) is 33.2. The zero-order valence-corrected chi connectivity index (χ0v) is 17.3. The number of para-hydroxylation sites is 2. The smallest absolute Gasteiger partial charge is 0.337 e. The van der Waals surface area contributed by atoms with Crippen LogP contribution in [0.5, 0.6) is 0 Å². The molecule has 0 aliphatic rings. The lowest BCUT2D eigenvalue weighted by Crippen LogP contribution is -2.28. The molecule has 158 valence electrons. The fourth-order valence-electron chi connectivity index (χ4n) is 3.68. The van der Waals surface area contributed by atoms with Crippen LogP contribution in [0.4, 0.5) is 0 Å². The van der Waals surface area contributed by atoms with Crippen molar-refractivity contribution in [2.45, 2.75) is 45.1 Å². The average molecular weight is 410 g/mol. The molecule has 0 saturated carbocycles. The number of hydrogen-bond acceptors (Lipinski definition) is 6. The molecule has 7 heteroatoms. The molecule has 2 N–H and O–H groups in total. The number of methoxy groups -OCH3 is 1. The van der Waals surface area contributed by atoms with E-state index in [4.69, 9.17) is 4.74 Å². The van der Waals surface area contributed by atoms with E-state index in [-0.39, 0.29) is 11.1 Å². The number of carboxylic acids is 1. The maximum absolute atomic E-state index is 12.6. The molecule has 0 bridgehead atoms. The van der Waals surface area contributed by atoms with E-state index in [0.29, 0.717) is 34.5 Å². The van der Waals surface area contributed by atoms with Gasteiger partial charge in [0.25, 0.3) is 0 Å². The minimum absolute atomic E-state index is 0.0607. The number of hydrogen-bond donors (Lipinski definition) is 2. The summed E-state index contributed by atoms with van der Waals surface area (Å²) in [6, 6.07) is 9.92. The number of carbonyl (C=O) groups is 2. The summed E-state index contributed by atoms with van der Waals surface area (Å²) >= 11 is 0. The predicted octanol–water partition coefficient (Wildman–Crippen LogP) is 3.93. The van der Waals surface area contributed by atoms with Gasteiger partial charge in [0.1, 0.15) is 11.4 Å². The van der Waals surface area contributed by atoms with Gasteiger partial charge in [-0.25, -0.2) is 14.8 Å². The maximum Gasteiger partial charge on any atom is 0.337 e. The number of benzene rings is 2. The Hall–Kier alpha value is -3.06. The molecule has 0 radical (unpaired) electrons. The summed E-state index contributed by atoms with van der Waals surface area (Å²) in [5, 5.41) is 20.3. The molecule has 0 aliphatic heterocycles. The summed E-state index contributed by atoms with van der Waals surface area (Å²) in [5.74, 6) is -2.02. The number of aliphatic hydroxyl groups is 1. The summed E-state index contributed by atoms with van der Waals surface area (Å²) < 4.78 is 4.98. The molecule has 2 unspecified atom stereocenters. The second kappa shape index (κ2) is 9.17. The van der Waals surface area contributed by atoms with Gasteiger partial charge in [-0.2, -0.15) is 0 Å². The van der Waals surface area contributed by atoms with E-state index in [0.717, 1.165) is 12.8 Å². The van der Waals surface area contributed by atoms with E-state index in [1.165, 1.54) is 13.2 Å². The van der Waals surface area contributed by atoms with Gasteiger partial charge in [-0.1, -0.05) is 44.9 Å². The standard InChI is InChI=1S/C23H26N2O5/c1-13(2)7-4-12-18(26)19(23(29)30-3)14-8-5-10-16-20(14)24-17-11-6-9-15(22(27)28)21(17)25-16/h5-6,8-11,13,18-19,26H,4,7,12H2,1-3H3,(H,27,28). The Morgan fingerprint density at radius 2 is 1.63 bits per heavy atom. The predicted molar refractivity (Wildman–Crippen MR) is 113 cm³/mol. The van der Waals surface area contributed by atoms with Gasteiger partial charge < -0.3 is 14.9 Å². The second-order valence-corrected chi connectivity index (χ2v) is 7.81. The Bertz CT molecular complexity index is 1080. The van der Waals surface area contributed by atoms with Gasteiger partial charge in [-0.05, 0) is 36.1 Å². The lowest BCUT2D eigenvalue weighted by molar-refractivity contribution is -0.145. The highest BCUT2D eigenvalue weighted by atomic mass is 16.5. The number of rotatable bonds is 8. The summed E-state index contributed by atoms with van der Waals surface area (Å²) in [7, 11) is 1.29. The molecule has 1 aromatic heterocycles. The summed E-state index contributed by atoms with van der Waals surface area (Å²) in [6.45, 7) is 4.22. The third-order valence-corrected chi connectivity index (χ3v) is 5.21. The summed E-state index contributed by atoms with van der Waals surface area (Å²) in [6.07, 6.45) is 1.26. The molecular weight excluding hydrogens is 384 g/mol. The first kappa shape index (κ1) is 21.6. The highest BCUT2D eigenvalue weighted by molar-refractivity contribution is 6.03. The fourth-order valence-corrected chi connectivity index (χ4v) is 3.68. The van der Waals surface area contributed by atoms with Gasteiger partial charge in [0.2, 0.25) is 0 Å². The van der Waals surface area contributed by atoms with E-state index >= 15 is 0 Å². The van der Waals surface area contributed by atoms with Crippen LogP contribution >= 0.6 is 0 Å². The number of aromatic nitrogens is 2. The topological polar surface area (TPSA) is 110 Å². The zero-order valence-electron chi connectivity index (χ0n) is 17.3. The highest BCUT2D eigenvalue weighted by Crippen LogP contribution is 2.31. The van der Waals surface area contributed by atoms with Crippen molar-refractivity contribution in [1.29, 1.82) is 0 Å². The average Bonchev–Trinajstić information content (AvgIpc) is 2.71. The number of aromatic carboxylic acids is 1. The number of fused-ring (bicyclic) bond motifs is 2. The van der Waals surface area contributed by atoms with Crippen LogP contribution in [0.15, 0.2) is 36.4 Å². The highest BCUT2D eigenvalue weighted by Gasteiger charge is 2.31. The van der Waals surface area contributed by atoms with E-state index in [9.17, 15) is 19.8 Å². The second-order valence-electron chi connectivity index (χ2n) is 7.81. The van der Waals surface area contributed by atoms with Crippen LogP contribution < -0.4 is 0 Å². The monoisotopic (exact) mass is 410 g/mol. The van der Waals surface area contributed by atoms with Crippen molar-refractivity contribution in [3.8, 4) is 0 Å². The number of ether oxygens (including phenoxy) is 1. The Balaban J connectivity index is 2.11. The molecule has 7 nitrogen and oxygen atoms in total. The molecule has 0 fully saturated rings. The first-order valence-corrected chi connectivity index (χ1v) is 10.0. The Morgan fingerprint density at radius 1 is 1.00 bits per heavy atom. The minimum atomic E-state index is -1.08. The van der Waals surface area contributed by atoms with Crippen molar-refractivity contribution in [3.63, 3.8) is 0 Å². The van der Waals surface area contributed by atoms with Crippen molar-refractivity contribution in [1.82, 2.24) is 9.97 Å². The SMILES string of the molecule is COC(=O)C(c1cccc2nc3c(C(=O)O)cccc3nc12)C(O)CCCC(C)C. The van der Waals surface area contributed by atoms with E-state index in [1.54, 1.807) is 30.3 Å². The molecule has 3 rings (SSSR count). The van der Waals surface area contributed by atoms with Crippen LogP contribution in [0, 0.1) is 5.92 Å². The summed E-state index contributed by atoms with van der Waals surface area (Å²) in [5.41, 5.74) is 2.18. The molecule has 0 saturated heterocycles. The number of carboxylic acid groups (broad SMARTS) is 1. The molecule has 3 aromatic rings. The molecule has 2 atom stereocenters. The van der Waals surface area contributed by atoms with Gasteiger partial charge in [-0.15, -0.1) is 0 Å². The Kier molecular flexibility index (Phi) is 6.62. The quantitative estimate of drug-likeness (QED) is 0.428. The minimum Gasteiger partial charge on any atom is -0.478 e. The van der Waals surface area contributed by atoms with Crippen LogP contribution in [-0.2, 0) is 9.53 Å². The van der Waals surface area contributed by atoms with Gasteiger partial charge in [0, 0.05) is 0 Å².